The van der Waals surface area contributed by atoms with Crippen LogP contribution in [0.25, 0.3) is 0 Å². The Kier molecular flexibility index (Phi) is 4.66. The second-order valence-electron chi connectivity index (χ2n) is 3.25. The van der Waals surface area contributed by atoms with Gasteiger partial charge in [-0.1, -0.05) is 19.8 Å². The quantitative estimate of drug-likeness (QED) is 0.588. The van der Waals surface area contributed by atoms with Crippen LogP contribution in [0.2, 0.25) is 0 Å². The molecule has 0 saturated heterocycles. The molecule has 0 aromatic carbocycles. The first-order valence-electron chi connectivity index (χ1n) is 4.16. The average Bonchev–Trinajstić information content (AvgIpc) is 2.00. The Morgan fingerprint density at radius 1 is 1.58 bits per heavy atom. The van der Waals surface area contributed by atoms with Crippen molar-refractivity contribution < 1.29 is 15.0 Å². The third-order valence-corrected chi connectivity index (χ3v) is 1.84. The normalized spacial score (nSPS) is 15.2. The third-order valence-electron chi connectivity index (χ3n) is 1.84. The predicted octanol–water partition coefficient (Wildman–Crippen LogP) is 1.20. The molecule has 0 saturated carbocycles. The summed E-state index contributed by atoms with van der Waals surface area (Å²) in [6, 6.07) is 0. The van der Waals surface area contributed by atoms with Gasteiger partial charge in [0.1, 0.15) is 0 Å². The zero-order valence-electron chi connectivity index (χ0n) is 7.63. The van der Waals surface area contributed by atoms with Crippen LogP contribution in [-0.4, -0.2) is 28.5 Å². The van der Waals surface area contributed by atoms with Gasteiger partial charge in [0.25, 0.3) is 0 Å². The highest BCUT2D eigenvalue weighted by Crippen LogP contribution is 2.12. The highest BCUT2D eigenvalue weighted by molar-refractivity contribution is 5.65. The van der Waals surface area contributed by atoms with Crippen molar-refractivity contribution in [1.29, 1.82) is 0 Å². The van der Waals surface area contributed by atoms with E-state index in [1.807, 2.05) is 6.92 Å². The van der Waals surface area contributed by atoms with E-state index < -0.39 is 11.6 Å². The minimum Gasteiger partial charge on any atom is -0.465 e. The Bertz CT molecular complexity index is 149. The van der Waals surface area contributed by atoms with Crippen molar-refractivity contribution in [2.75, 3.05) is 6.61 Å². The molecule has 1 amide bonds. The summed E-state index contributed by atoms with van der Waals surface area (Å²) in [4.78, 5) is 10.3. The number of carbonyl (C=O) groups is 1. The molecule has 0 bridgehead atoms. The molecule has 0 aliphatic carbocycles. The van der Waals surface area contributed by atoms with E-state index in [2.05, 4.69) is 5.32 Å². The molecule has 0 heterocycles. The van der Waals surface area contributed by atoms with E-state index in [4.69, 9.17) is 10.2 Å². The molecule has 0 aromatic heterocycles. The lowest BCUT2D eigenvalue weighted by Gasteiger charge is -2.26. The maximum atomic E-state index is 10.3. The molecule has 12 heavy (non-hydrogen) atoms. The molecule has 0 spiro atoms. The molecule has 0 radical (unpaired) electrons. The van der Waals surface area contributed by atoms with E-state index in [9.17, 15) is 4.79 Å². The van der Waals surface area contributed by atoms with Crippen LogP contribution in [0, 0.1) is 0 Å². The Morgan fingerprint density at radius 3 is 2.50 bits per heavy atom. The fraction of sp³-hybridized carbons (Fsp3) is 0.875. The lowest BCUT2D eigenvalue weighted by atomic mass is 9.96. The average molecular weight is 175 g/mol. The van der Waals surface area contributed by atoms with E-state index >= 15 is 0 Å². The van der Waals surface area contributed by atoms with Crippen LogP contribution in [0.15, 0.2) is 0 Å². The molecule has 4 nitrogen and oxygen atoms in total. The number of unbranched alkanes of at least 4 members (excludes halogenated alkanes) is 1. The van der Waals surface area contributed by atoms with Crippen LogP contribution in [-0.2, 0) is 0 Å². The van der Waals surface area contributed by atoms with E-state index in [1.165, 1.54) is 0 Å². The second-order valence-corrected chi connectivity index (χ2v) is 3.25. The lowest BCUT2D eigenvalue weighted by molar-refractivity contribution is 0.140. The molecule has 0 fully saturated rings. The predicted molar refractivity (Wildman–Crippen MR) is 46.2 cm³/mol. The summed E-state index contributed by atoms with van der Waals surface area (Å²) in [7, 11) is 0. The Balaban J connectivity index is 3.95. The molecule has 72 valence electrons. The number of rotatable bonds is 5. The van der Waals surface area contributed by atoms with E-state index in [1.54, 1.807) is 6.92 Å². The standard InChI is InChI=1S/C8H17NO3/c1-3-4-5-8(2,6-10)9-7(11)12/h9-10H,3-6H2,1-2H3,(H,11,12). The molecule has 1 unspecified atom stereocenters. The van der Waals surface area contributed by atoms with Crippen molar-refractivity contribution in [2.45, 2.75) is 38.6 Å². The summed E-state index contributed by atoms with van der Waals surface area (Å²) >= 11 is 0. The molecule has 0 aliphatic rings. The Morgan fingerprint density at radius 2 is 2.17 bits per heavy atom. The van der Waals surface area contributed by atoms with Crippen LogP contribution in [0.5, 0.6) is 0 Å². The van der Waals surface area contributed by atoms with Gasteiger partial charge in [0.2, 0.25) is 0 Å². The summed E-state index contributed by atoms with van der Waals surface area (Å²) in [5.74, 6) is 0. The summed E-state index contributed by atoms with van der Waals surface area (Å²) in [6.07, 6.45) is 1.50. The number of aliphatic hydroxyl groups is 1. The smallest absolute Gasteiger partial charge is 0.405 e. The van der Waals surface area contributed by atoms with Gasteiger partial charge in [0, 0.05) is 0 Å². The summed E-state index contributed by atoms with van der Waals surface area (Å²) in [5.41, 5.74) is -0.679. The zero-order chi connectivity index (χ0) is 9.61. The fourth-order valence-corrected chi connectivity index (χ4v) is 1.01. The fourth-order valence-electron chi connectivity index (χ4n) is 1.01. The third kappa shape index (κ3) is 4.18. The van der Waals surface area contributed by atoms with Gasteiger partial charge in [0.05, 0.1) is 12.1 Å². The highest BCUT2D eigenvalue weighted by atomic mass is 16.4. The first-order valence-corrected chi connectivity index (χ1v) is 4.16. The van der Waals surface area contributed by atoms with Gasteiger partial charge in [-0.25, -0.2) is 4.79 Å². The maximum absolute atomic E-state index is 10.3. The summed E-state index contributed by atoms with van der Waals surface area (Å²) < 4.78 is 0. The van der Waals surface area contributed by atoms with Crippen molar-refractivity contribution in [3.05, 3.63) is 0 Å². The van der Waals surface area contributed by atoms with Crippen LogP contribution in [0.4, 0.5) is 4.79 Å². The Labute approximate surface area is 72.6 Å². The van der Waals surface area contributed by atoms with Crippen LogP contribution >= 0.6 is 0 Å². The summed E-state index contributed by atoms with van der Waals surface area (Å²) in [6.45, 7) is 3.58. The molecule has 3 N–H and O–H groups in total. The van der Waals surface area contributed by atoms with Crippen molar-refractivity contribution in [3.63, 3.8) is 0 Å². The summed E-state index contributed by atoms with van der Waals surface area (Å²) in [5, 5.41) is 19.7. The van der Waals surface area contributed by atoms with Crippen LogP contribution in [0.3, 0.4) is 0 Å². The number of hydrogen-bond donors (Lipinski definition) is 3. The number of aliphatic hydroxyl groups excluding tert-OH is 1. The monoisotopic (exact) mass is 175 g/mol. The second kappa shape index (κ2) is 4.98. The topological polar surface area (TPSA) is 69.6 Å². The molecular weight excluding hydrogens is 158 g/mol. The minimum atomic E-state index is -1.08. The molecule has 0 aliphatic heterocycles. The molecule has 0 aromatic rings. The van der Waals surface area contributed by atoms with Gasteiger partial charge >= 0.3 is 6.09 Å². The number of carboxylic acid groups (broad SMARTS) is 1. The van der Waals surface area contributed by atoms with E-state index in [0.717, 1.165) is 12.8 Å². The van der Waals surface area contributed by atoms with Crippen LogP contribution < -0.4 is 5.32 Å². The SMILES string of the molecule is CCCCC(C)(CO)NC(=O)O. The first-order chi connectivity index (χ1) is 5.54. The number of hydrogen-bond acceptors (Lipinski definition) is 2. The van der Waals surface area contributed by atoms with E-state index in [-0.39, 0.29) is 6.61 Å². The zero-order valence-corrected chi connectivity index (χ0v) is 7.63. The molecule has 0 rings (SSSR count). The number of nitrogens with one attached hydrogen (secondary N) is 1. The maximum Gasteiger partial charge on any atom is 0.405 e. The van der Waals surface area contributed by atoms with Gasteiger partial charge < -0.3 is 15.5 Å². The van der Waals surface area contributed by atoms with Gasteiger partial charge in [0.15, 0.2) is 0 Å². The molecular formula is C8H17NO3. The van der Waals surface area contributed by atoms with Crippen molar-refractivity contribution in [3.8, 4) is 0 Å². The first kappa shape index (κ1) is 11.2. The van der Waals surface area contributed by atoms with Gasteiger partial charge in [-0.15, -0.1) is 0 Å². The molecule has 4 heteroatoms. The Hall–Kier alpha value is -0.770. The largest absolute Gasteiger partial charge is 0.465 e. The van der Waals surface area contributed by atoms with Crippen molar-refractivity contribution in [1.82, 2.24) is 5.32 Å². The lowest BCUT2D eigenvalue weighted by Crippen LogP contribution is -2.48. The van der Waals surface area contributed by atoms with E-state index in [0.29, 0.717) is 6.42 Å². The minimum absolute atomic E-state index is 0.153. The van der Waals surface area contributed by atoms with Crippen LogP contribution in [0.1, 0.15) is 33.1 Å². The van der Waals surface area contributed by atoms with Crippen molar-refractivity contribution in [2.24, 2.45) is 0 Å². The van der Waals surface area contributed by atoms with Crippen molar-refractivity contribution >= 4 is 6.09 Å². The van der Waals surface area contributed by atoms with Gasteiger partial charge in [-0.05, 0) is 13.3 Å². The highest BCUT2D eigenvalue weighted by Gasteiger charge is 2.24. The van der Waals surface area contributed by atoms with Gasteiger partial charge in [-0.2, -0.15) is 0 Å². The van der Waals surface area contributed by atoms with Gasteiger partial charge in [-0.3, -0.25) is 0 Å². The molecule has 1 atom stereocenters. The number of amides is 1.